The molecule has 0 aromatic heterocycles. The van der Waals surface area contributed by atoms with Crippen molar-refractivity contribution in [2.24, 2.45) is 0 Å². The van der Waals surface area contributed by atoms with Crippen molar-refractivity contribution in [2.45, 2.75) is 13.0 Å². The zero-order valence-corrected chi connectivity index (χ0v) is 7.66. The SMILES string of the molecule is CC1=CC(c2cccc(F)c2)OC1=O. The van der Waals surface area contributed by atoms with Gasteiger partial charge in [0.15, 0.2) is 0 Å². The molecule has 1 unspecified atom stereocenters. The number of hydrogen-bond acceptors (Lipinski definition) is 2. The molecule has 0 saturated heterocycles. The summed E-state index contributed by atoms with van der Waals surface area (Å²) in [6.45, 7) is 1.68. The van der Waals surface area contributed by atoms with Crippen molar-refractivity contribution in [1.82, 2.24) is 0 Å². The lowest BCUT2D eigenvalue weighted by Gasteiger charge is -2.07. The van der Waals surface area contributed by atoms with E-state index in [0.717, 1.165) is 0 Å². The number of carbonyl (C=O) groups is 1. The average Bonchev–Trinajstić information content (AvgIpc) is 2.47. The number of rotatable bonds is 1. The third-order valence-electron chi connectivity index (χ3n) is 2.13. The molecule has 1 heterocycles. The lowest BCUT2D eigenvalue weighted by molar-refractivity contribution is -0.139. The molecule has 2 nitrogen and oxygen atoms in total. The zero-order valence-electron chi connectivity index (χ0n) is 7.66. The van der Waals surface area contributed by atoms with Crippen LogP contribution in [0.4, 0.5) is 4.39 Å². The van der Waals surface area contributed by atoms with Gasteiger partial charge in [-0.15, -0.1) is 0 Å². The first-order chi connectivity index (χ1) is 6.66. The summed E-state index contributed by atoms with van der Waals surface area (Å²) in [5.74, 6) is -0.657. The minimum atomic E-state index is -0.432. The van der Waals surface area contributed by atoms with Gasteiger partial charge in [-0.05, 0) is 30.7 Å². The third kappa shape index (κ3) is 1.53. The van der Waals surface area contributed by atoms with Crippen LogP contribution in [0.3, 0.4) is 0 Å². The predicted octanol–water partition coefficient (Wildman–Crippen LogP) is 2.37. The van der Waals surface area contributed by atoms with Gasteiger partial charge in [0, 0.05) is 5.57 Å². The second-order valence-corrected chi connectivity index (χ2v) is 3.23. The van der Waals surface area contributed by atoms with Gasteiger partial charge in [-0.25, -0.2) is 9.18 Å². The number of ether oxygens (including phenoxy) is 1. The van der Waals surface area contributed by atoms with E-state index in [9.17, 15) is 9.18 Å². The fourth-order valence-corrected chi connectivity index (χ4v) is 1.39. The summed E-state index contributed by atoms with van der Waals surface area (Å²) in [6, 6.07) is 6.06. The first-order valence-electron chi connectivity index (χ1n) is 4.31. The lowest BCUT2D eigenvalue weighted by atomic mass is 10.1. The molecule has 3 heteroatoms. The highest BCUT2D eigenvalue weighted by atomic mass is 19.1. The van der Waals surface area contributed by atoms with E-state index in [1.54, 1.807) is 25.1 Å². The first kappa shape index (κ1) is 8.94. The largest absolute Gasteiger partial charge is 0.450 e. The highest BCUT2D eigenvalue weighted by Gasteiger charge is 2.23. The van der Waals surface area contributed by atoms with Crippen LogP contribution >= 0.6 is 0 Å². The molecule has 0 amide bonds. The maximum Gasteiger partial charge on any atom is 0.334 e. The molecule has 14 heavy (non-hydrogen) atoms. The number of benzene rings is 1. The van der Waals surface area contributed by atoms with Crippen molar-refractivity contribution in [3.05, 3.63) is 47.3 Å². The predicted molar refractivity (Wildman–Crippen MR) is 49.0 cm³/mol. The highest BCUT2D eigenvalue weighted by Crippen LogP contribution is 2.27. The van der Waals surface area contributed by atoms with E-state index in [2.05, 4.69) is 0 Å². The standard InChI is InChI=1S/C11H9FO2/c1-7-5-10(14-11(7)13)8-3-2-4-9(12)6-8/h2-6,10H,1H3. The Morgan fingerprint density at radius 2 is 2.21 bits per heavy atom. The fraction of sp³-hybridized carbons (Fsp3) is 0.182. The van der Waals surface area contributed by atoms with Gasteiger partial charge in [0.2, 0.25) is 0 Å². The molecule has 2 rings (SSSR count). The average molecular weight is 192 g/mol. The number of cyclic esters (lactones) is 1. The van der Waals surface area contributed by atoms with Gasteiger partial charge < -0.3 is 4.74 Å². The molecule has 1 aliphatic heterocycles. The van der Waals surface area contributed by atoms with Crippen LogP contribution in [0.1, 0.15) is 18.6 Å². The van der Waals surface area contributed by atoms with Crippen molar-refractivity contribution in [2.75, 3.05) is 0 Å². The van der Waals surface area contributed by atoms with Crippen LogP contribution in [0.5, 0.6) is 0 Å². The topological polar surface area (TPSA) is 26.3 Å². The summed E-state index contributed by atoms with van der Waals surface area (Å²) in [6.07, 6.45) is 1.26. The van der Waals surface area contributed by atoms with Gasteiger partial charge in [0.25, 0.3) is 0 Å². The van der Waals surface area contributed by atoms with E-state index < -0.39 is 6.10 Å². The quantitative estimate of drug-likeness (QED) is 0.638. The summed E-state index contributed by atoms with van der Waals surface area (Å²) < 4.78 is 17.9. The number of esters is 1. The van der Waals surface area contributed by atoms with Crippen molar-refractivity contribution in [3.63, 3.8) is 0 Å². The molecule has 1 aromatic carbocycles. The number of carbonyl (C=O) groups excluding carboxylic acids is 1. The first-order valence-corrected chi connectivity index (χ1v) is 4.31. The second-order valence-electron chi connectivity index (χ2n) is 3.23. The van der Waals surface area contributed by atoms with Crippen LogP contribution < -0.4 is 0 Å². The normalized spacial score (nSPS) is 20.6. The summed E-state index contributed by atoms with van der Waals surface area (Å²) in [7, 11) is 0. The monoisotopic (exact) mass is 192 g/mol. The maximum atomic E-state index is 12.9. The van der Waals surface area contributed by atoms with Gasteiger partial charge in [-0.2, -0.15) is 0 Å². The van der Waals surface area contributed by atoms with Crippen molar-refractivity contribution in [3.8, 4) is 0 Å². The molecule has 1 aromatic rings. The zero-order chi connectivity index (χ0) is 10.1. The molecule has 0 spiro atoms. The summed E-state index contributed by atoms with van der Waals surface area (Å²) >= 11 is 0. The molecule has 72 valence electrons. The van der Waals surface area contributed by atoms with Gasteiger partial charge in [0.05, 0.1) is 0 Å². The Balaban J connectivity index is 2.30. The van der Waals surface area contributed by atoms with Crippen molar-refractivity contribution >= 4 is 5.97 Å². The van der Waals surface area contributed by atoms with Crippen molar-refractivity contribution in [1.29, 1.82) is 0 Å². The van der Waals surface area contributed by atoms with Crippen LogP contribution in [0.25, 0.3) is 0 Å². The fourth-order valence-electron chi connectivity index (χ4n) is 1.39. The van der Waals surface area contributed by atoms with Crippen LogP contribution in [0.2, 0.25) is 0 Å². The molecular weight excluding hydrogens is 183 g/mol. The molecule has 0 bridgehead atoms. The van der Waals surface area contributed by atoms with Gasteiger partial charge in [0.1, 0.15) is 11.9 Å². The van der Waals surface area contributed by atoms with Gasteiger partial charge in [-0.1, -0.05) is 12.1 Å². The van der Waals surface area contributed by atoms with Crippen molar-refractivity contribution < 1.29 is 13.9 Å². The number of hydrogen-bond donors (Lipinski definition) is 0. The molecule has 1 aliphatic rings. The lowest BCUT2D eigenvalue weighted by Crippen LogP contribution is -2.01. The third-order valence-corrected chi connectivity index (χ3v) is 2.13. The Bertz CT molecular complexity index is 410. The molecular formula is C11H9FO2. The minimum Gasteiger partial charge on any atom is -0.450 e. The van der Waals surface area contributed by atoms with E-state index in [-0.39, 0.29) is 11.8 Å². The van der Waals surface area contributed by atoms with Crippen LogP contribution in [0, 0.1) is 5.82 Å². The van der Waals surface area contributed by atoms with E-state index in [0.29, 0.717) is 11.1 Å². The van der Waals surface area contributed by atoms with E-state index in [1.165, 1.54) is 12.1 Å². The van der Waals surface area contributed by atoms with Gasteiger partial charge >= 0.3 is 5.97 Å². The second kappa shape index (κ2) is 3.25. The number of halogens is 1. The van der Waals surface area contributed by atoms with Gasteiger partial charge in [-0.3, -0.25) is 0 Å². The smallest absolute Gasteiger partial charge is 0.334 e. The Morgan fingerprint density at radius 3 is 2.79 bits per heavy atom. The Kier molecular flexibility index (Phi) is 2.08. The summed E-state index contributed by atoms with van der Waals surface area (Å²) in [5, 5.41) is 0. The van der Waals surface area contributed by atoms with Crippen LogP contribution in [-0.2, 0) is 9.53 Å². The Morgan fingerprint density at radius 1 is 1.43 bits per heavy atom. The van der Waals surface area contributed by atoms with E-state index >= 15 is 0 Å². The summed E-state index contributed by atoms with van der Waals surface area (Å²) in [4.78, 5) is 11.1. The highest BCUT2D eigenvalue weighted by molar-refractivity contribution is 5.90. The molecule has 0 aliphatic carbocycles. The molecule has 0 saturated carbocycles. The van der Waals surface area contributed by atoms with Crippen LogP contribution in [0.15, 0.2) is 35.9 Å². The molecule has 1 atom stereocenters. The molecule has 0 fully saturated rings. The molecule has 0 N–H and O–H groups in total. The van der Waals surface area contributed by atoms with E-state index in [1.807, 2.05) is 0 Å². The molecule has 0 radical (unpaired) electrons. The summed E-state index contributed by atoms with van der Waals surface area (Å²) in [5.41, 5.74) is 1.23. The Labute approximate surface area is 81.0 Å². The van der Waals surface area contributed by atoms with Crippen LogP contribution in [-0.4, -0.2) is 5.97 Å². The maximum absolute atomic E-state index is 12.9. The Hall–Kier alpha value is -1.64. The van der Waals surface area contributed by atoms with E-state index in [4.69, 9.17) is 4.74 Å². The minimum absolute atomic E-state index is 0.323.